The Bertz CT molecular complexity index is 159. The minimum atomic E-state index is -0.203. The minimum Gasteiger partial charge on any atom is -0.282 e. The number of carbonyl (C=O) groups excluding carboxylic acids is 2. The van der Waals surface area contributed by atoms with Crippen LogP contribution >= 0.6 is 12.6 Å². The van der Waals surface area contributed by atoms with Crippen LogP contribution in [0.3, 0.4) is 0 Å². The van der Waals surface area contributed by atoms with Crippen LogP contribution < -0.4 is 0 Å². The number of imide groups is 1. The second-order valence-electron chi connectivity index (χ2n) is 2.14. The second kappa shape index (κ2) is 5.18. The van der Waals surface area contributed by atoms with Gasteiger partial charge in [-0.1, -0.05) is 6.92 Å². The van der Waals surface area contributed by atoms with Gasteiger partial charge in [0.2, 0.25) is 11.8 Å². The maximum atomic E-state index is 11.0. The summed E-state index contributed by atoms with van der Waals surface area (Å²) in [4.78, 5) is 23.0. The first kappa shape index (κ1) is 10.5. The van der Waals surface area contributed by atoms with E-state index in [2.05, 4.69) is 12.6 Å². The van der Waals surface area contributed by atoms with Gasteiger partial charge in [-0.25, -0.2) is 0 Å². The lowest BCUT2D eigenvalue weighted by molar-refractivity contribution is -0.142. The Kier molecular flexibility index (Phi) is 4.94. The lowest BCUT2D eigenvalue weighted by Crippen LogP contribution is -2.36. The first-order valence-electron chi connectivity index (χ1n) is 3.55. The maximum Gasteiger partial charge on any atom is 0.228 e. The molecule has 0 aliphatic rings. The van der Waals surface area contributed by atoms with Crippen molar-refractivity contribution >= 4 is 24.4 Å². The molecular weight excluding hydrogens is 162 g/mol. The Hall–Kier alpha value is -0.510. The number of nitrogens with zero attached hydrogens (tertiary/aromatic N) is 1. The van der Waals surface area contributed by atoms with E-state index < -0.39 is 0 Å². The summed E-state index contributed by atoms with van der Waals surface area (Å²) in [6.07, 6.45) is 0.368. The van der Waals surface area contributed by atoms with Crippen LogP contribution in [0.4, 0.5) is 0 Å². The third-order valence-corrected chi connectivity index (χ3v) is 1.51. The van der Waals surface area contributed by atoms with Crippen LogP contribution in [0.25, 0.3) is 0 Å². The number of thiol groups is 1. The summed E-state index contributed by atoms with van der Waals surface area (Å²) in [5.41, 5.74) is 0. The van der Waals surface area contributed by atoms with E-state index in [0.717, 1.165) is 0 Å². The summed E-state index contributed by atoms with van der Waals surface area (Å²) in [5, 5.41) is 0. The molecule has 2 amide bonds. The van der Waals surface area contributed by atoms with Crippen LogP contribution in [-0.2, 0) is 9.59 Å². The quantitative estimate of drug-likeness (QED) is 0.641. The number of carbonyl (C=O) groups is 2. The van der Waals surface area contributed by atoms with Crippen molar-refractivity contribution in [2.24, 2.45) is 0 Å². The van der Waals surface area contributed by atoms with Gasteiger partial charge >= 0.3 is 0 Å². The van der Waals surface area contributed by atoms with Crippen molar-refractivity contribution in [2.45, 2.75) is 20.3 Å². The molecule has 0 spiro atoms. The van der Waals surface area contributed by atoms with Crippen LogP contribution in [0.2, 0.25) is 0 Å². The molecule has 0 fully saturated rings. The fraction of sp³-hybridized carbons (Fsp3) is 0.714. The maximum absolute atomic E-state index is 11.0. The molecule has 3 nitrogen and oxygen atoms in total. The molecule has 0 heterocycles. The van der Waals surface area contributed by atoms with E-state index in [1.807, 2.05) is 0 Å². The fourth-order valence-electron chi connectivity index (χ4n) is 0.749. The Morgan fingerprint density at radius 1 is 1.45 bits per heavy atom. The van der Waals surface area contributed by atoms with Crippen molar-refractivity contribution in [1.29, 1.82) is 0 Å². The second-order valence-corrected chi connectivity index (χ2v) is 2.59. The molecule has 0 radical (unpaired) electrons. The molecule has 0 atom stereocenters. The van der Waals surface area contributed by atoms with Gasteiger partial charge in [0.15, 0.2) is 0 Å². The fourth-order valence-corrected chi connectivity index (χ4v) is 0.949. The van der Waals surface area contributed by atoms with Gasteiger partial charge < -0.3 is 0 Å². The largest absolute Gasteiger partial charge is 0.282 e. The molecule has 0 bridgehead atoms. The molecule has 0 unspecified atom stereocenters. The van der Waals surface area contributed by atoms with Crippen LogP contribution in [0.15, 0.2) is 0 Å². The highest BCUT2D eigenvalue weighted by molar-refractivity contribution is 7.80. The van der Waals surface area contributed by atoms with Gasteiger partial charge in [-0.15, -0.1) is 0 Å². The SMILES string of the molecule is CCC(=O)N(CCS)C(C)=O. The Labute approximate surface area is 72.2 Å². The number of hydrogen-bond donors (Lipinski definition) is 1. The Balaban J connectivity index is 4.09. The first-order valence-corrected chi connectivity index (χ1v) is 4.18. The van der Waals surface area contributed by atoms with Crippen molar-refractivity contribution in [3.05, 3.63) is 0 Å². The van der Waals surface area contributed by atoms with Crippen molar-refractivity contribution in [3.8, 4) is 0 Å². The van der Waals surface area contributed by atoms with Crippen molar-refractivity contribution in [3.63, 3.8) is 0 Å². The van der Waals surface area contributed by atoms with Gasteiger partial charge in [-0.05, 0) is 0 Å². The molecule has 4 heteroatoms. The van der Waals surface area contributed by atoms with Gasteiger partial charge in [-0.2, -0.15) is 12.6 Å². The van der Waals surface area contributed by atoms with Crippen molar-refractivity contribution in [2.75, 3.05) is 12.3 Å². The highest BCUT2D eigenvalue weighted by atomic mass is 32.1. The molecule has 0 aromatic carbocycles. The summed E-state index contributed by atoms with van der Waals surface area (Å²) >= 11 is 3.94. The molecule has 0 N–H and O–H groups in total. The minimum absolute atomic E-state index is 0.133. The normalized spacial score (nSPS) is 9.36. The monoisotopic (exact) mass is 175 g/mol. The summed E-state index contributed by atoms with van der Waals surface area (Å²) in [7, 11) is 0. The number of rotatable bonds is 3. The molecule has 0 aliphatic heterocycles. The highest BCUT2D eigenvalue weighted by Crippen LogP contribution is 1.95. The highest BCUT2D eigenvalue weighted by Gasteiger charge is 2.13. The Morgan fingerprint density at radius 2 is 2.00 bits per heavy atom. The van der Waals surface area contributed by atoms with Crippen molar-refractivity contribution < 1.29 is 9.59 Å². The number of amides is 2. The Morgan fingerprint density at radius 3 is 2.27 bits per heavy atom. The summed E-state index contributed by atoms with van der Waals surface area (Å²) in [5.74, 6) is 0.183. The van der Waals surface area contributed by atoms with E-state index in [0.29, 0.717) is 18.7 Å². The van der Waals surface area contributed by atoms with Crippen LogP contribution in [0.1, 0.15) is 20.3 Å². The van der Waals surface area contributed by atoms with E-state index in [9.17, 15) is 9.59 Å². The molecule has 0 saturated carbocycles. The molecule has 0 aliphatic carbocycles. The number of hydrogen-bond acceptors (Lipinski definition) is 3. The standard InChI is InChI=1S/C7H13NO2S/c1-3-7(10)8(4-5-11)6(2)9/h11H,3-5H2,1-2H3. The third kappa shape index (κ3) is 3.41. The van der Waals surface area contributed by atoms with Gasteiger partial charge in [0.25, 0.3) is 0 Å². The van der Waals surface area contributed by atoms with Crippen LogP contribution in [0, 0.1) is 0 Å². The molecule has 11 heavy (non-hydrogen) atoms. The molecule has 0 aromatic heterocycles. The zero-order chi connectivity index (χ0) is 8.85. The molecule has 0 rings (SSSR count). The van der Waals surface area contributed by atoms with Crippen LogP contribution in [-0.4, -0.2) is 29.0 Å². The van der Waals surface area contributed by atoms with Gasteiger partial charge in [0.1, 0.15) is 0 Å². The van der Waals surface area contributed by atoms with Gasteiger partial charge in [0.05, 0.1) is 0 Å². The smallest absolute Gasteiger partial charge is 0.228 e. The molecule has 0 saturated heterocycles. The van der Waals surface area contributed by atoms with Gasteiger partial charge in [-0.3, -0.25) is 14.5 Å². The molecule has 0 aromatic rings. The average Bonchev–Trinajstić information content (AvgIpc) is 1.98. The third-order valence-electron chi connectivity index (χ3n) is 1.31. The topological polar surface area (TPSA) is 37.4 Å². The predicted molar refractivity (Wildman–Crippen MR) is 46.5 cm³/mol. The van der Waals surface area contributed by atoms with Crippen molar-refractivity contribution in [1.82, 2.24) is 4.90 Å². The first-order chi connectivity index (χ1) is 5.13. The zero-order valence-corrected chi connectivity index (χ0v) is 7.73. The summed E-state index contributed by atoms with van der Waals surface area (Å²) in [6, 6.07) is 0. The van der Waals surface area contributed by atoms with E-state index in [-0.39, 0.29) is 11.8 Å². The van der Waals surface area contributed by atoms with E-state index >= 15 is 0 Å². The summed E-state index contributed by atoms with van der Waals surface area (Å²) in [6.45, 7) is 3.53. The zero-order valence-electron chi connectivity index (χ0n) is 6.83. The summed E-state index contributed by atoms with van der Waals surface area (Å²) < 4.78 is 0. The van der Waals surface area contributed by atoms with E-state index in [4.69, 9.17) is 0 Å². The molecular formula is C7H13NO2S. The van der Waals surface area contributed by atoms with E-state index in [1.54, 1.807) is 6.92 Å². The van der Waals surface area contributed by atoms with Crippen LogP contribution in [0.5, 0.6) is 0 Å². The lowest BCUT2D eigenvalue weighted by atomic mass is 10.4. The molecule has 64 valence electrons. The lowest BCUT2D eigenvalue weighted by Gasteiger charge is -2.16. The van der Waals surface area contributed by atoms with Gasteiger partial charge in [0, 0.05) is 25.6 Å². The predicted octanol–water partition coefficient (Wildman–Crippen LogP) is 0.701. The van der Waals surface area contributed by atoms with E-state index in [1.165, 1.54) is 11.8 Å². The average molecular weight is 175 g/mol.